The van der Waals surface area contributed by atoms with Gasteiger partial charge in [-0.2, -0.15) is 5.26 Å². The van der Waals surface area contributed by atoms with Crippen LogP contribution in [0.15, 0.2) is 72.8 Å². The van der Waals surface area contributed by atoms with E-state index < -0.39 is 5.91 Å². The molecule has 0 atom stereocenters. The number of nitrogens with one attached hydrogen (secondary N) is 1. The maximum absolute atomic E-state index is 12.1. The molecule has 1 N–H and O–H groups in total. The number of rotatable bonds is 6. The van der Waals surface area contributed by atoms with Gasteiger partial charge in [0.15, 0.2) is 6.61 Å². The van der Waals surface area contributed by atoms with E-state index in [1.807, 2.05) is 36.4 Å². The number of anilines is 1. The van der Waals surface area contributed by atoms with Gasteiger partial charge in [0.2, 0.25) is 0 Å². The SMILES string of the molecule is N#Cc1ccc(Cl)cc1NC(=O)COc1ccc(Oc2ccccc2)cc1. The first-order chi connectivity index (χ1) is 13.1. The Kier molecular flexibility index (Phi) is 5.93. The summed E-state index contributed by atoms with van der Waals surface area (Å²) in [5.41, 5.74) is 0.681. The molecule has 6 heteroatoms. The van der Waals surface area contributed by atoms with Crippen LogP contribution in [0.25, 0.3) is 0 Å². The minimum absolute atomic E-state index is 0.198. The van der Waals surface area contributed by atoms with Crippen LogP contribution in [0, 0.1) is 11.3 Å². The average Bonchev–Trinajstić information content (AvgIpc) is 2.68. The number of carbonyl (C=O) groups excluding carboxylic acids is 1. The smallest absolute Gasteiger partial charge is 0.262 e. The lowest BCUT2D eigenvalue weighted by atomic mass is 10.2. The van der Waals surface area contributed by atoms with Gasteiger partial charge in [-0.15, -0.1) is 0 Å². The van der Waals surface area contributed by atoms with Crippen molar-refractivity contribution in [1.29, 1.82) is 5.26 Å². The first-order valence-electron chi connectivity index (χ1n) is 8.09. The van der Waals surface area contributed by atoms with Gasteiger partial charge in [0, 0.05) is 5.02 Å². The molecule has 0 fully saturated rings. The van der Waals surface area contributed by atoms with Gasteiger partial charge in [0.25, 0.3) is 5.91 Å². The van der Waals surface area contributed by atoms with Crippen LogP contribution in [0.1, 0.15) is 5.56 Å². The molecule has 0 heterocycles. The second-order valence-electron chi connectivity index (χ2n) is 5.53. The number of carbonyl (C=O) groups is 1. The maximum Gasteiger partial charge on any atom is 0.262 e. The quantitative estimate of drug-likeness (QED) is 0.653. The van der Waals surface area contributed by atoms with Crippen molar-refractivity contribution in [1.82, 2.24) is 0 Å². The Morgan fingerprint density at radius 2 is 1.63 bits per heavy atom. The van der Waals surface area contributed by atoms with Gasteiger partial charge in [-0.1, -0.05) is 29.8 Å². The number of ether oxygens (including phenoxy) is 2. The van der Waals surface area contributed by atoms with E-state index in [2.05, 4.69) is 5.32 Å². The average molecular weight is 379 g/mol. The number of nitriles is 1. The first-order valence-corrected chi connectivity index (χ1v) is 8.47. The van der Waals surface area contributed by atoms with Crippen LogP contribution < -0.4 is 14.8 Å². The summed E-state index contributed by atoms with van der Waals surface area (Å²) in [7, 11) is 0. The zero-order chi connectivity index (χ0) is 19.1. The second kappa shape index (κ2) is 8.75. The monoisotopic (exact) mass is 378 g/mol. The van der Waals surface area contributed by atoms with Gasteiger partial charge in [0.05, 0.1) is 11.3 Å². The Bertz CT molecular complexity index is 967. The van der Waals surface area contributed by atoms with Crippen molar-refractivity contribution in [3.63, 3.8) is 0 Å². The van der Waals surface area contributed by atoms with E-state index >= 15 is 0 Å². The minimum Gasteiger partial charge on any atom is -0.484 e. The maximum atomic E-state index is 12.1. The molecule has 0 aliphatic carbocycles. The van der Waals surface area contributed by atoms with Crippen molar-refractivity contribution in [3.8, 4) is 23.3 Å². The molecule has 3 aromatic rings. The van der Waals surface area contributed by atoms with Crippen molar-refractivity contribution in [2.75, 3.05) is 11.9 Å². The molecule has 1 amide bonds. The second-order valence-corrected chi connectivity index (χ2v) is 5.96. The topological polar surface area (TPSA) is 71.4 Å². The predicted octanol–water partition coefficient (Wildman–Crippen LogP) is 5.02. The summed E-state index contributed by atoms with van der Waals surface area (Å²) in [5, 5.41) is 12.1. The highest BCUT2D eigenvalue weighted by atomic mass is 35.5. The highest BCUT2D eigenvalue weighted by Gasteiger charge is 2.09. The number of benzene rings is 3. The van der Waals surface area contributed by atoms with Crippen LogP contribution in [0.4, 0.5) is 5.69 Å². The molecule has 0 aliphatic rings. The van der Waals surface area contributed by atoms with E-state index in [9.17, 15) is 4.79 Å². The molecule has 0 aromatic heterocycles. The summed E-state index contributed by atoms with van der Waals surface area (Å²) in [6, 6.07) is 23.0. The fourth-order valence-corrected chi connectivity index (χ4v) is 2.45. The molecule has 0 saturated heterocycles. The molecule has 5 nitrogen and oxygen atoms in total. The van der Waals surface area contributed by atoms with Gasteiger partial charge >= 0.3 is 0 Å². The summed E-state index contributed by atoms with van der Waals surface area (Å²) in [5.74, 6) is 1.53. The van der Waals surface area contributed by atoms with Gasteiger partial charge < -0.3 is 14.8 Å². The number of halogens is 1. The molecule has 134 valence electrons. The van der Waals surface area contributed by atoms with Crippen LogP contribution >= 0.6 is 11.6 Å². The summed E-state index contributed by atoms with van der Waals surface area (Å²) < 4.78 is 11.2. The van der Waals surface area contributed by atoms with Gasteiger partial charge in [0.1, 0.15) is 23.3 Å². The van der Waals surface area contributed by atoms with E-state index in [4.69, 9.17) is 26.3 Å². The highest BCUT2D eigenvalue weighted by molar-refractivity contribution is 6.31. The van der Waals surface area contributed by atoms with Crippen molar-refractivity contribution in [2.24, 2.45) is 0 Å². The number of amides is 1. The molecule has 0 bridgehead atoms. The third-order valence-electron chi connectivity index (χ3n) is 3.55. The van der Waals surface area contributed by atoms with E-state index in [-0.39, 0.29) is 6.61 Å². The van der Waals surface area contributed by atoms with Crippen molar-refractivity contribution in [3.05, 3.63) is 83.4 Å². The Morgan fingerprint density at radius 3 is 2.33 bits per heavy atom. The van der Waals surface area contributed by atoms with Crippen LogP contribution in [0.3, 0.4) is 0 Å². The van der Waals surface area contributed by atoms with Crippen LogP contribution in [-0.4, -0.2) is 12.5 Å². The van der Waals surface area contributed by atoms with Crippen LogP contribution in [0.2, 0.25) is 5.02 Å². The zero-order valence-electron chi connectivity index (χ0n) is 14.2. The van der Waals surface area contributed by atoms with Gasteiger partial charge in [-0.25, -0.2) is 0 Å². The van der Waals surface area contributed by atoms with Crippen molar-refractivity contribution in [2.45, 2.75) is 0 Å². The standard InChI is InChI=1S/C21H15ClN2O3/c22-16-7-6-15(13-23)20(12-16)24-21(25)14-26-17-8-10-19(11-9-17)27-18-4-2-1-3-5-18/h1-12H,14H2,(H,24,25). The van der Waals surface area contributed by atoms with E-state index in [1.54, 1.807) is 36.4 Å². The molecule has 3 rings (SSSR count). The molecule has 0 aliphatic heterocycles. The zero-order valence-corrected chi connectivity index (χ0v) is 14.9. The van der Waals surface area contributed by atoms with E-state index in [1.165, 1.54) is 6.07 Å². The molecule has 0 unspecified atom stereocenters. The predicted molar refractivity (Wildman–Crippen MR) is 103 cm³/mol. The lowest BCUT2D eigenvalue weighted by Crippen LogP contribution is -2.20. The molecule has 0 spiro atoms. The molecule has 0 saturated carbocycles. The summed E-state index contributed by atoms with van der Waals surface area (Å²) in [4.78, 5) is 12.1. The summed E-state index contributed by atoms with van der Waals surface area (Å²) in [6.45, 7) is -0.198. The minimum atomic E-state index is -0.390. The summed E-state index contributed by atoms with van der Waals surface area (Å²) in [6.07, 6.45) is 0. The first kappa shape index (κ1) is 18.3. The van der Waals surface area contributed by atoms with E-state index in [0.717, 1.165) is 5.75 Å². The Hall–Kier alpha value is -3.49. The van der Waals surface area contributed by atoms with Gasteiger partial charge in [-0.05, 0) is 54.6 Å². The molecular formula is C21H15ClN2O3. The number of nitrogens with zero attached hydrogens (tertiary/aromatic N) is 1. The van der Waals surface area contributed by atoms with Crippen LogP contribution in [-0.2, 0) is 4.79 Å². The molecule has 0 radical (unpaired) electrons. The fourth-order valence-electron chi connectivity index (χ4n) is 2.28. The lowest BCUT2D eigenvalue weighted by molar-refractivity contribution is -0.118. The molecule has 27 heavy (non-hydrogen) atoms. The normalized spacial score (nSPS) is 9.93. The third-order valence-corrected chi connectivity index (χ3v) is 3.78. The molecular weight excluding hydrogens is 364 g/mol. The van der Waals surface area contributed by atoms with Crippen molar-refractivity contribution >= 4 is 23.2 Å². The highest BCUT2D eigenvalue weighted by Crippen LogP contribution is 2.24. The number of hydrogen-bond donors (Lipinski definition) is 1. The van der Waals surface area contributed by atoms with Gasteiger partial charge in [-0.3, -0.25) is 4.79 Å². The Morgan fingerprint density at radius 1 is 0.963 bits per heavy atom. The molecule has 3 aromatic carbocycles. The number of hydrogen-bond acceptors (Lipinski definition) is 4. The van der Waals surface area contributed by atoms with Crippen LogP contribution in [0.5, 0.6) is 17.2 Å². The lowest BCUT2D eigenvalue weighted by Gasteiger charge is -2.10. The Balaban J connectivity index is 1.55. The Labute approximate surface area is 161 Å². The van der Waals surface area contributed by atoms with Crippen molar-refractivity contribution < 1.29 is 14.3 Å². The van der Waals surface area contributed by atoms with E-state index in [0.29, 0.717) is 27.8 Å². The largest absolute Gasteiger partial charge is 0.484 e. The fraction of sp³-hybridized carbons (Fsp3) is 0.0476. The summed E-state index contributed by atoms with van der Waals surface area (Å²) >= 11 is 5.90. The third kappa shape index (κ3) is 5.24. The number of para-hydroxylation sites is 1.